The van der Waals surface area contributed by atoms with E-state index < -0.39 is 0 Å². The molecule has 2 aromatic rings. The molecule has 0 N–H and O–H groups in total. The van der Waals surface area contributed by atoms with E-state index in [2.05, 4.69) is 15.9 Å². The van der Waals surface area contributed by atoms with Crippen LogP contribution in [0, 0.1) is 6.92 Å². The van der Waals surface area contributed by atoms with E-state index in [1.165, 1.54) is 0 Å². The Hall–Kier alpha value is -1.32. The molecule has 0 bridgehead atoms. The first kappa shape index (κ1) is 14.1. The van der Waals surface area contributed by atoms with Gasteiger partial charge in [-0.25, -0.2) is 0 Å². The average molecular weight is 340 g/mol. The summed E-state index contributed by atoms with van der Waals surface area (Å²) in [6, 6.07) is 10.7. The fourth-order valence-electron chi connectivity index (χ4n) is 1.82. The van der Waals surface area contributed by atoms with Crippen LogP contribution >= 0.6 is 27.5 Å². The first-order valence-electron chi connectivity index (χ1n) is 5.67. The van der Waals surface area contributed by atoms with Gasteiger partial charge in [0.25, 0.3) is 0 Å². The van der Waals surface area contributed by atoms with E-state index in [9.17, 15) is 4.79 Å². The van der Waals surface area contributed by atoms with Crippen molar-refractivity contribution in [1.29, 1.82) is 0 Å². The third-order valence-corrected chi connectivity index (χ3v) is 3.58. The van der Waals surface area contributed by atoms with Crippen LogP contribution in [-0.2, 0) is 0 Å². The summed E-state index contributed by atoms with van der Waals surface area (Å²) in [5.41, 5.74) is 1.98. The molecule has 2 aromatic carbocycles. The van der Waals surface area contributed by atoms with Crippen molar-refractivity contribution in [2.45, 2.75) is 6.92 Å². The second kappa shape index (κ2) is 5.76. The third-order valence-electron chi connectivity index (χ3n) is 2.78. The van der Waals surface area contributed by atoms with E-state index in [1.54, 1.807) is 37.4 Å². The second-order valence-electron chi connectivity index (χ2n) is 4.16. The minimum absolute atomic E-state index is 0.141. The summed E-state index contributed by atoms with van der Waals surface area (Å²) in [6.45, 7) is 1.93. The third kappa shape index (κ3) is 2.99. The Balaban J connectivity index is 2.52. The van der Waals surface area contributed by atoms with Gasteiger partial charge in [0.15, 0.2) is 5.78 Å². The van der Waals surface area contributed by atoms with Crippen LogP contribution in [0.25, 0.3) is 0 Å². The molecule has 19 heavy (non-hydrogen) atoms. The van der Waals surface area contributed by atoms with Crippen molar-refractivity contribution in [1.82, 2.24) is 0 Å². The lowest BCUT2D eigenvalue weighted by molar-refractivity contribution is 0.103. The molecule has 0 heterocycles. The highest BCUT2D eigenvalue weighted by Crippen LogP contribution is 2.28. The molecule has 98 valence electrons. The van der Waals surface area contributed by atoms with E-state index in [0.29, 0.717) is 21.9 Å². The molecule has 2 nitrogen and oxygen atoms in total. The number of hydrogen-bond acceptors (Lipinski definition) is 2. The summed E-state index contributed by atoms with van der Waals surface area (Å²) in [5, 5.41) is 0.419. The molecule has 0 fully saturated rings. The first-order chi connectivity index (χ1) is 9.02. The monoisotopic (exact) mass is 338 g/mol. The Kier molecular flexibility index (Phi) is 4.27. The van der Waals surface area contributed by atoms with Crippen LogP contribution in [0.4, 0.5) is 0 Å². The summed E-state index contributed by atoms with van der Waals surface area (Å²) in [4.78, 5) is 12.5. The largest absolute Gasteiger partial charge is 0.496 e. The number of aryl methyl sites for hydroxylation is 1. The topological polar surface area (TPSA) is 26.3 Å². The van der Waals surface area contributed by atoms with Gasteiger partial charge in [-0.3, -0.25) is 4.79 Å². The van der Waals surface area contributed by atoms with E-state index in [1.807, 2.05) is 13.0 Å². The van der Waals surface area contributed by atoms with Gasteiger partial charge in [-0.15, -0.1) is 0 Å². The summed E-state index contributed by atoms with van der Waals surface area (Å²) in [7, 11) is 1.55. The normalized spacial score (nSPS) is 10.3. The smallest absolute Gasteiger partial charge is 0.198 e. The minimum atomic E-state index is -0.141. The summed E-state index contributed by atoms with van der Waals surface area (Å²) >= 11 is 9.44. The van der Waals surface area contributed by atoms with Crippen molar-refractivity contribution in [3.8, 4) is 5.75 Å². The highest BCUT2D eigenvalue weighted by molar-refractivity contribution is 9.10. The van der Waals surface area contributed by atoms with E-state index in [0.717, 1.165) is 10.0 Å². The van der Waals surface area contributed by atoms with E-state index in [-0.39, 0.29) is 5.78 Å². The maximum Gasteiger partial charge on any atom is 0.198 e. The standard InChI is InChI=1S/C15H12BrClO2/c1-9-3-6-14(19-2)12(7-9)15(18)11-5-4-10(16)8-13(11)17/h3-8H,1-2H3. The first-order valence-corrected chi connectivity index (χ1v) is 6.84. The highest BCUT2D eigenvalue weighted by Gasteiger charge is 2.17. The van der Waals surface area contributed by atoms with Crippen molar-refractivity contribution in [3.63, 3.8) is 0 Å². The van der Waals surface area contributed by atoms with Gasteiger partial charge in [-0.05, 0) is 37.3 Å². The Morgan fingerprint density at radius 2 is 1.89 bits per heavy atom. The lowest BCUT2D eigenvalue weighted by atomic mass is 10.0. The predicted octanol–water partition coefficient (Wildman–Crippen LogP) is 4.65. The van der Waals surface area contributed by atoms with Gasteiger partial charge in [0.2, 0.25) is 0 Å². The molecule has 2 rings (SSSR count). The number of carbonyl (C=O) groups excluding carboxylic acids is 1. The van der Waals surface area contributed by atoms with Crippen molar-refractivity contribution in [2.75, 3.05) is 7.11 Å². The molecule has 0 aliphatic carbocycles. The minimum Gasteiger partial charge on any atom is -0.496 e. The fraction of sp³-hybridized carbons (Fsp3) is 0.133. The van der Waals surface area contributed by atoms with Crippen molar-refractivity contribution >= 4 is 33.3 Å². The van der Waals surface area contributed by atoms with Gasteiger partial charge in [0, 0.05) is 10.0 Å². The van der Waals surface area contributed by atoms with Crippen LogP contribution < -0.4 is 4.74 Å². The number of hydrogen-bond donors (Lipinski definition) is 0. The molecule has 0 atom stereocenters. The summed E-state index contributed by atoms with van der Waals surface area (Å²) in [5.74, 6) is 0.410. The van der Waals surface area contributed by atoms with E-state index >= 15 is 0 Å². The molecule has 0 aromatic heterocycles. The molecule has 4 heteroatoms. The van der Waals surface area contributed by atoms with E-state index in [4.69, 9.17) is 16.3 Å². The molecule has 0 amide bonds. The molecule has 0 aliphatic heterocycles. The summed E-state index contributed by atoms with van der Waals surface area (Å²) in [6.07, 6.45) is 0. The van der Waals surface area contributed by atoms with Crippen molar-refractivity contribution in [2.24, 2.45) is 0 Å². The van der Waals surface area contributed by atoms with Gasteiger partial charge in [0.05, 0.1) is 17.7 Å². The maximum absolute atomic E-state index is 12.5. The fourth-order valence-corrected chi connectivity index (χ4v) is 2.58. The SMILES string of the molecule is COc1ccc(C)cc1C(=O)c1ccc(Br)cc1Cl. The zero-order chi connectivity index (χ0) is 14.0. The second-order valence-corrected chi connectivity index (χ2v) is 5.48. The Morgan fingerprint density at radius 3 is 2.53 bits per heavy atom. The lowest BCUT2D eigenvalue weighted by Gasteiger charge is -2.10. The zero-order valence-electron chi connectivity index (χ0n) is 10.5. The molecule has 0 aliphatic rings. The molecule has 0 unspecified atom stereocenters. The van der Waals surface area contributed by atoms with Crippen molar-refractivity contribution < 1.29 is 9.53 Å². The van der Waals surface area contributed by atoms with Crippen LogP contribution in [0.1, 0.15) is 21.5 Å². The van der Waals surface area contributed by atoms with Gasteiger partial charge in [0.1, 0.15) is 5.75 Å². The lowest BCUT2D eigenvalue weighted by Crippen LogP contribution is -2.05. The van der Waals surface area contributed by atoms with Crippen molar-refractivity contribution in [3.05, 3.63) is 62.6 Å². The molecule has 0 spiro atoms. The quantitative estimate of drug-likeness (QED) is 0.761. The number of halogens is 2. The predicted molar refractivity (Wildman–Crippen MR) is 80.3 cm³/mol. The van der Waals surface area contributed by atoms with Crippen LogP contribution in [0.15, 0.2) is 40.9 Å². The number of benzene rings is 2. The van der Waals surface area contributed by atoms with Gasteiger partial charge in [-0.2, -0.15) is 0 Å². The van der Waals surface area contributed by atoms with Gasteiger partial charge in [-0.1, -0.05) is 39.2 Å². The molecular weight excluding hydrogens is 328 g/mol. The van der Waals surface area contributed by atoms with Gasteiger partial charge >= 0.3 is 0 Å². The number of ether oxygens (including phenoxy) is 1. The molecular formula is C15H12BrClO2. The zero-order valence-corrected chi connectivity index (χ0v) is 12.9. The maximum atomic E-state index is 12.5. The van der Waals surface area contributed by atoms with Crippen LogP contribution in [0.3, 0.4) is 0 Å². The Morgan fingerprint density at radius 1 is 1.16 bits per heavy atom. The Labute approximate surface area is 125 Å². The Bertz CT molecular complexity index is 638. The van der Waals surface area contributed by atoms with Crippen LogP contribution in [-0.4, -0.2) is 12.9 Å². The number of carbonyl (C=O) groups is 1. The number of rotatable bonds is 3. The van der Waals surface area contributed by atoms with Crippen LogP contribution in [0.2, 0.25) is 5.02 Å². The molecule has 0 saturated carbocycles. The van der Waals surface area contributed by atoms with Gasteiger partial charge < -0.3 is 4.74 Å². The number of methoxy groups -OCH3 is 1. The average Bonchev–Trinajstić information content (AvgIpc) is 2.38. The molecule has 0 radical (unpaired) electrons. The number of ketones is 1. The summed E-state index contributed by atoms with van der Waals surface area (Å²) < 4.78 is 6.07. The highest BCUT2D eigenvalue weighted by atomic mass is 79.9. The van der Waals surface area contributed by atoms with Crippen LogP contribution in [0.5, 0.6) is 5.75 Å². The molecule has 0 saturated heterocycles.